The van der Waals surface area contributed by atoms with Crippen LogP contribution in [0.4, 0.5) is 0 Å². The van der Waals surface area contributed by atoms with Gasteiger partial charge >= 0.3 is 5.70 Å². The summed E-state index contributed by atoms with van der Waals surface area (Å²) < 4.78 is 0. The van der Waals surface area contributed by atoms with Crippen LogP contribution in [0.2, 0.25) is 0 Å². The van der Waals surface area contributed by atoms with Crippen LogP contribution in [0.25, 0.3) is 4.85 Å². The zero-order valence-electron chi connectivity index (χ0n) is 8.73. The summed E-state index contributed by atoms with van der Waals surface area (Å²) in [4.78, 5) is 4.06. The second-order valence-electron chi connectivity index (χ2n) is 2.94. The Morgan fingerprint density at radius 1 is 1.33 bits per heavy atom. The lowest BCUT2D eigenvalue weighted by Gasteiger charge is -1.96. The summed E-state index contributed by atoms with van der Waals surface area (Å²) in [5.74, 6) is 0. The van der Waals surface area contributed by atoms with Crippen molar-refractivity contribution in [3.63, 3.8) is 0 Å². The zero-order valence-corrected chi connectivity index (χ0v) is 8.73. The summed E-state index contributed by atoms with van der Waals surface area (Å²) in [5.41, 5.74) is 3.75. The van der Waals surface area contributed by atoms with Crippen molar-refractivity contribution in [2.45, 2.75) is 41.0 Å². The third-order valence-electron chi connectivity index (χ3n) is 1.92. The van der Waals surface area contributed by atoms with Gasteiger partial charge in [0, 0.05) is 13.0 Å². The number of allylic oxidation sites excluding steroid dienone is 4. The van der Waals surface area contributed by atoms with Crippen LogP contribution in [-0.4, -0.2) is 0 Å². The molecule has 0 amide bonds. The van der Waals surface area contributed by atoms with Crippen LogP contribution in [0.3, 0.4) is 0 Å². The van der Waals surface area contributed by atoms with Gasteiger partial charge in [-0.25, -0.2) is 0 Å². The maximum absolute atomic E-state index is 4.06. The first-order chi connectivity index (χ1) is 5.61. The first-order valence-corrected chi connectivity index (χ1v) is 4.34. The second-order valence-corrected chi connectivity index (χ2v) is 2.94. The molecule has 0 radical (unpaired) electrons. The fraction of sp³-hybridized carbons (Fsp3) is 0.545. The molecule has 0 rings (SSSR count). The highest BCUT2D eigenvalue weighted by Crippen LogP contribution is 2.10. The molecular weight excluding hydrogens is 146 g/mol. The maximum atomic E-state index is 4.06. The summed E-state index contributed by atoms with van der Waals surface area (Å²) in [6.07, 6.45) is 3.20. The fourth-order valence-electron chi connectivity index (χ4n) is 0.924. The highest BCUT2D eigenvalue weighted by molar-refractivity contribution is 5.28. The highest BCUT2D eigenvalue weighted by Gasteiger charge is 1.98. The molecule has 0 N–H and O–H groups in total. The molecule has 0 atom stereocenters. The Morgan fingerprint density at radius 3 is 2.33 bits per heavy atom. The van der Waals surface area contributed by atoms with Crippen molar-refractivity contribution >= 4 is 0 Å². The van der Waals surface area contributed by atoms with Crippen molar-refractivity contribution in [2.75, 3.05) is 0 Å². The summed E-state index contributed by atoms with van der Waals surface area (Å²) >= 11 is 0. The van der Waals surface area contributed by atoms with E-state index in [1.807, 2.05) is 13.8 Å². The van der Waals surface area contributed by atoms with Crippen molar-refractivity contribution in [3.8, 4) is 6.07 Å². The third kappa shape index (κ3) is 3.98. The molecule has 12 heavy (non-hydrogen) atoms. The van der Waals surface area contributed by atoms with Gasteiger partial charge in [0.05, 0.1) is 6.92 Å². The third-order valence-corrected chi connectivity index (χ3v) is 1.92. The molecule has 1 nitrogen and oxygen atoms in total. The van der Waals surface area contributed by atoms with Gasteiger partial charge in [-0.3, -0.25) is 0 Å². The zero-order chi connectivity index (χ0) is 9.56. The van der Waals surface area contributed by atoms with E-state index in [1.54, 1.807) is 0 Å². The summed E-state index contributed by atoms with van der Waals surface area (Å²) in [5, 5.41) is 0. The van der Waals surface area contributed by atoms with Gasteiger partial charge in [-0.1, -0.05) is 12.5 Å². The Hall–Kier alpha value is -1.03. The van der Waals surface area contributed by atoms with Crippen molar-refractivity contribution in [3.05, 3.63) is 27.8 Å². The quantitative estimate of drug-likeness (QED) is 0.543. The van der Waals surface area contributed by atoms with Gasteiger partial charge in [0.1, 0.15) is 0 Å². The van der Waals surface area contributed by atoms with Crippen LogP contribution in [0.5, 0.6) is 0 Å². The van der Waals surface area contributed by atoms with Gasteiger partial charge in [0.25, 0.3) is 6.07 Å². The first kappa shape index (κ1) is 11.0. The van der Waals surface area contributed by atoms with Crippen LogP contribution in [-0.2, 0) is 0 Å². The fourth-order valence-corrected chi connectivity index (χ4v) is 0.924. The molecular formula is C11H18N+. The minimum Gasteiger partial charge on any atom is -0.0704 e. The van der Waals surface area contributed by atoms with Gasteiger partial charge in [0.15, 0.2) is 0 Å². The van der Waals surface area contributed by atoms with E-state index in [2.05, 4.69) is 37.8 Å². The molecule has 0 aromatic heterocycles. The topological polar surface area (TPSA) is 4.36 Å². The average Bonchev–Trinajstić information content (AvgIpc) is 2.03. The maximum Gasteiger partial charge on any atom is 0.314 e. The largest absolute Gasteiger partial charge is 0.314 e. The molecule has 0 aliphatic heterocycles. The molecule has 0 spiro atoms. The van der Waals surface area contributed by atoms with Gasteiger partial charge in [-0.15, -0.1) is 0 Å². The standard InChI is InChI=1S/C11H18N/c1-6-9(3)10(4)8-11(5)12-7-2/h8H,6H2,1-5H3/q+1. The number of nitrogens with zero attached hydrogens (tertiary/aromatic N) is 1. The normalized spacial score (nSPS) is 13.2. The van der Waals surface area contributed by atoms with Crippen molar-refractivity contribution in [1.29, 1.82) is 0 Å². The smallest absolute Gasteiger partial charge is 0.0704 e. The minimum absolute atomic E-state index is 1.02. The monoisotopic (exact) mass is 164 g/mol. The van der Waals surface area contributed by atoms with E-state index in [0.717, 1.165) is 12.1 Å². The van der Waals surface area contributed by atoms with Gasteiger partial charge in [-0.05, 0) is 30.7 Å². The highest BCUT2D eigenvalue weighted by atomic mass is 14.7. The predicted octanol–water partition coefficient (Wildman–Crippen LogP) is 3.99. The number of hydrogen-bond acceptors (Lipinski definition) is 0. The Bertz CT molecular complexity index is 258. The van der Waals surface area contributed by atoms with E-state index in [0.29, 0.717) is 0 Å². The lowest BCUT2D eigenvalue weighted by molar-refractivity contribution is 1.07. The SMILES string of the molecule is CC#[N+]C(C)=CC(C)=C(C)CC. The molecule has 0 aromatic carbocycles. The van der Waals surface area contributed by atoms with Crippen LogP contribution in [0.15, 0.2) is 22.9 Å². The Labute approximate surface area is 75.6 Å². The van der Waals surface area contributed by atoms with E-state index in [9.17, 15) is 0 Å². The van der Waals surface area contributed by atoms with E-state index in [-0.39, 0.29) is 0 Å². The molecule has 0 saturated heterocycles. The lowest BCUT2D eigenvalue weighted by atomic mass is 10.1. The van der Waals surface area contributed by atoms with Crippen LogP contribution < -0.4 is 0 Å². The van der Waals surface area contributed by atoms with E-state index in [1.165, 1.54) is 11.1 Å². The van der Waals surface area contributed by atoms with Crippen LogP contribution in [0, 0.1) is 6.07 Å². The second kappa shape index (κ2) is 5.60. The Morgan fingerprint density at radius 2 is 1.92 bits per heavy atom. The van der Waals surface area contributed by atoms with Crippen molar-refractivity contribution in [2.24, 2.45) is 0 Å². The summed E-state index contributed by atoms with van der Waals surface area (Å²) in [6, 6.07) is 2.76. The lowest BCUT2D eigenvalue weighted by Crippen LogP contribution is -1.79. The molecule has 0 bridgehead atoms. The van der Waals surface area contributed by atoms with E-state index < -0.39 is 0 Å². The summed E-state index contributed by atoms with van der Waals surface area (Å²) in [7, 11) is 0. The average molecular weight is 164 g/mol. The van der Waals surface area contributed by atoms with Crippen molar-refractivity contribution < 1.29 is 0 Å². The Kier molecular flexibility index (Phi) is 5.12. The van der Waals surface area contributed by atoms with Crippen LogP contribution >= 0.6 is 0 Å². The van der Waals surface area contributed by atoms with E-state index >= 15 is 0 Å². The van der Waals surface area contributed by atoms with Gasteiger partial charge < -0.3 is 0 Å². The first-order valence-electron chi connectivity index (χ1n) is 4.34. The van der Waals surface area contributed by atoms with Gasteiger partial charge in [-0.2, -0.15) is 0 Å². The number of rotatable bonds is 2. The molecule has 1 heteroatoms. The molecule has 0 saturated carbocycles. The predicted molar refractivity (Wildman–Crippen MR) is 55.3 cm³/mol. The Balaban J connectivity index is 4.60. The van der Waals surface area contributed by atoms with Gasteiger partial charge in [0.2, 0.25) is 0 Å². The molecule has 0 heterocycles. The minimum atomic E-state index is 1.02. The molecule has 0 aliphatic rings. The van der Waals surface area contributed by atoms with Crippen LogP contribution in [0.1, 0.15) is 41.0 Å². The molecule has 0 aromatic rings. The molecule has 66 valence electrons. The number of hydrogen-bond donors (Lipinski definition) is 0. The molecule has 0 fully saturated rings. The van der Waals surface area contributed by atoms with Crippen molar-refractivity contribution in [1.82, 2.24) is 0 Å². The molecule has 0 aliphatic carbocycles. The molecule has 0 unspecified atom stereocenters. The summed E-state index contributed by atoms with van der Waals surface area (Å²) in [6.45, 7) is 10.2. The van der Waals surface area contributed by atoms with E-state index in [4.69, 9.17) is 0 Å².